The molecule has 0 saturated heterocycles. The molecule has 0 aliphatic heterocycles. The third-order valence-corrected chi connectivity index (χ3v) is 1.83. The molecule has 1 aromatic rings. The Morgan fingerprint density at radius 3 is 2.57 bits per heavy atom. The molecule has 0 fully saturated rings. The molecular weight excluding hydrogens is 212 g/mol. The molecule has 7 heteroatoms. The molecular formula is C7H5ClN2O4. The maximum Gasteiger partial charge on any atom is 0.291 e. The summed E-state index contributed by atoms with van der Waals surface area (Å²) in [5, 5.41) is 19.3. The van der Waals surface area contributed by atoms with Gasteiger partial charge in [-0.15, -0.1) is 0 Å². The van der Waals surface area contributed by atoms with Gasteiger partial charge < -0.3 is 10.8 Å². The van der Waals surface area contributed by atoms with Crippen LogP contribution in [-0.4, -0.2) is 15.9 Å². The minimum atomic E-state index is -0.903. The number of benzene rings is 1. The standard InChI is InChI=1S/C7H5ClN2O4/c8-4-1-3(7(9)12)6(11)2-5(4)10(13)14/h1-2,11H,(H2,9,12). The van der Waals surface area contributed by atoms with Crippen LogP contribution in [0.1, 0.15) is 10.4 Å². The van der Waals surface area contributed by atoms with Gasteiger partial charge in [0.1, 0.15) is 10.8 Å². The fourth-order valence-electron chi connectivity index (χ4n) is 0.888. The Bertz CT molecular complexity index is 379. The van der Waals surface area contributed by atoms with E-state index in [2.05, 4.69) is 0 Å². The molecule has 74 valence electrons. The third-order valence-electron chi connectivity index (χ3n) is 1.53. The molecule has 0 bridgehead atoms. The molecule has 0 spiro atoms. The highest BCUT2D eigenvalue weighted by Gasteiger charge is 2.18. The fraction of sp³-hybridized carbons (Fsp3) is 0. The smallest absolute Gasteiger partial charge is 0.291 e. The summed E-state index contributed by atoms with van der Waals surface area (Å²) < 4.78 is 0. The fourth-order valence-corrected chi connectivity index (χ4v) is 1.12. The summed E-state index contributed by atoms with van der Waals surface area (Å²) in [7, 11) is 0. The minimum absolute atomic E-state index is 0.249. The number of nitrogens with zero attached hydrogens (tertiary/aromatic N) is 1. The highest BCUT2D eigenvalue weighted by atomic mass is 35.5. The van der Waals surface area contributed by atoms with Gasteiger partial charge in [-0.05, 0) is 6.07 Å². The second-order valence-electron chi connectivity index (χ2n) is 2.44. The van der Waals surface area contributed by atoms with E-state index in [-0.39, 0.29) is 10.6 Å². The molecule has 0 aliphatic rings. The van der Waals surface area contributed by atoms with Gasteiger partial charge in [-0.3, -0.25) is 14.9 Å². The van der Waals surface area contributed by atoms with Gasteiger partial charge in [-0.25, -0.2) is 0 Å². The van der Waals surface area contributed by atoms with E-state index in [0.717, 1.165) is 12.1 Å². The van der Waals surface area contributed by atoms with Gasteiger partial charge in [0.15, 0.2) is 0 Å². The number of carbonyl (C=O) groups is 1. The van der Waals surface area contributed by atoms with Crippen molar-refractivity contribution in [2.24, 2.45) is 5.73 Å². The monoisotopic (exact) mass is 216 g/mol. The summed E-state index contributed by atoms with van der Waals surface area (Å²) in [5.74, 6) is -1.46. The number of carbonyl (C=O) groups excluding carboxylic acids is 1. The predicted molar refractivity (Wildman–Crippen MR) is 48.3 cm³/mol. The second kappa shape index (κ2) is 3.51. The van der Waals surface area contributed by atoms with E-state index < -0.39 is 22.3 Å². The molecule has 0 unspecified atom stereocenters. The van der Waals surface area contributed by atoms with Crippen molar-refractivity contribution in [1.29, 1.82) is 0 Å². The molecule has 0 radical (unpaired) electrons. The van der Waals surface area contributed by atoms with Crippen molar-refractivity contribution in [3.05, 3.63) is 32.8 Å². The van der Waals surface area contributed by atoms with Crippen LogP contribution in [0.5, 0.6) is 5.75 Å². The maximum atomic E-state index is 10.7. The predicted octanol–water partition coefficient (Wildman–Crippen LogP) is 1.05. The summed E-state index contributed by atoms with van der Waals surface area (Å²) in [5.41, 5.74) is 4.16. The number of hydrogen-bond acceptors (Lipinski definition) is 4. The molecule has 1 amide bonds. The van der Waals surface area contributed by atoms with E-state index in [9.17, 15) is 20.0 Å². The number of nitrogens with two attached hydrogens (primary N) is 1. The van der Waals surface area contributed by atoms with Crippen LogP contribution < -0.4 is 5.73 Å². The lowest BCUT2D eigenvalue weighted by Crippen LogP contribution is -2.11. The van der Waals surface area contributed by atoms with E-state index in [4.69, 9.17) is 17.3 Å². The van der Waals surface area contributed by atoms with Crippen LogP contribution in [0, 0.1) is 10.1 Å². The first-order valence-electron chi connectivity index (χ1n) is 3.40. The van der Waals surface area contributed by atoms with Crippen molar-refractivity contribution in [3.63, 3.8) is 0 Å². The van der Waals surface area contributed by atoms with Crippen molar-refractivity contribution >= 4 is 23.2 Å². The van der Waals surface area contributed by atoms with Crippen LogP contribution in [0.15, 0.2) is 12.1 Å². The van der Waals surface area contributed by atoms with Gasteiger partial charge >= 0.3 is 0 Å². The van der Waals surface area contributed by atoms with Gasteiger partial charge in [0, 0.05) is 0 Å². The Morgan fingerprint density at radius 2 is 2.14 bits per heavy atom. The minimum Gasteiger partial charge on any atom is -0.507 e. The van der Waals surface area contributed by atoms with Crippen LogP contribution >= 0.6 is 11.6 Å². The first-order chi connectivity index (χ1) is 6.43. The lowest BCUT2D eigenvalue weighted by Gasteiger charge is -2.01. The average molecular weight is 217 g/mol. The number of rotatable bonds is 2. The quantitative estimate of drug-likeness (QED) is 0.569. The highest BCUT2D eigenvalue weighted by molar-refractivity contribution is 6.33. The van der Waals surface area contributed by atoms with E-state index in [1.165, 1.54) is 0 Å². The van der Waals surface area contributed by atoms with Gasteiger partial charge in [0.2, 0.25) is 0 Å². The normalized spacial score (nSPS) is 9.79. The second-order valence-corrected chi connectivity index (χ2v) is 2.85. The van der Waals surface area contributed by atoms with Crippen molar-refractivity contribution in [2.45, 2.75) is 0 Å². The SMILES string of the molecule is NC(=O)c1cc(Cl)c([N+](=O)[O-])cc1O. The van der Waals surface area contributed by atoms with E-state index in [1.807, 2.05) is 0 Å². The first-order valence-corrected chi connectivity index (χ1v) is 3.78. The van der Waals surface area contributed by atoms with E-state index >= 15 is 0 Å². The summed E-state index contributed by atoms with van der Waals surface area (Å²) in [4.78, 5) is 20.3. The largest absolute Gasteiger partial charge is 0.507 e. The number of primary amides is 1. The van der Waals surface area contributed by atoms with Crippen LogP contribution in [0.4, 0.5) is 5.69 Å². The Hall–Kier alpha value is -1.82. The topological polar surface area (TPSA) is 106 Å². The van der Waals surface area contributed by atoms with Crippen LogP contribution in [-0.2, 0) is 0 Å². The Morgan fingerprint density at radius 1 is 1.57 bits per heavy atom. The number of hydrogen-bond donors (Lipinski definition) is 2. The molecule has 0 atom stereocenters. The summed E-state index contributed by atoms with van der Waals surface area (Å²) in [6.07, 6.45) is 0. The summed E-state index contributed by atoms with van der Waals surface area (Å²) in [6, 6.07) is 1.74. The molecule has 14 heavy (non-hydrogen) atoms. The van der Waals surface area contributed by atoms with E-state index in [0.29, 0.717) is 0 Å². The number of halogens is 1. The van der Waals surface area contributed by atoms with Gasteiger partial charge in [-0.2, -0.15) is 0 Å². The number of nitro groups is 1. The van der Waals surface area contributed by atoms with Gasteiger partial charge in [-0.1, -0.05) is 11.6 Å². The molecule has 0 aromatic heterocycles. The Kier molecular flexibility index (Phi) is 2.57. The number of aromatic hydroxyl groups is 1. The molecule has 1 rings (SSSR count). The third kappa shape index (κ3) is 1.74. The number of amides is 1. The zero-order chi connectivity index (χ0) is 10.9. The van der Waals surface area contributed by atoms with Crippen molar-refractivity contribution in [3.8, 4) is 5.75 Å². The lowest BCUT2D eigenvalue weighted by atomic mass is 10.1. The molecule has 6 nitrogen and oxygen atoms in total. The van der Waals surface area contributed by atoms with Crippen molar-refractivity contribution in [2.75, 3.05) is 0 Å². The number of phenols is 1. The number of nitro benzene ring substituents is 1. The van der Waals surface area contributed by atoms with Crippen LogP contribution in [0.3, 0.4) is 0 Å². The van der Waals surface area contributed by atoms with Crippen molar-refractivity contribution in [1.82, 2.24) is 0 Å². The van der Waals surface area contributed by atoms with E-state index in [1.54, 1.807) is 0 Å². The van der Waals surface area contributed by atoms with Gasteiger partial charge in [0.05, 0.1) is 16.6 Å². The van der Waals surface area contributed by atoms with Crippen molar-refractivity contribution < 1.29 is 14.8 Å². The molecule has 3 N–H and O–H groups in total. The zero-order valence-corrected chi connectivity index (χ0v) is 7.49. The Labute approximate surface area is 83.0 Å². The molecule has 1 aromatic carbocycles. The molecule has 0 aliphatic carbocycles. The Balaban J connectivity index is 3.38. The van der Waals surface area contributed by atoms with Crippen LogP contribution in [0.2, 0.25) is 5.02 Å². The summed E-state index contributed by atoms with van der Waals surface area (Å²) in [6.45, 7) is 0. The van der Waals surface area contributed by atoms with Crippen LogP contribution in [0.25, 0.3) is 0 Å². The lowest BCUT2D eigenvalue weighted by molar-refractivity contribution is -0.384. The highest BCUT2D eigenvalue weighted by Crippen LogP contribution is 2.31. The maximum absolute atomic E-state index is 10.7. The molecule has 0 heterocycles. The average Bonchev–Trinajstić information content (AvgIpc) is 2.07. The summed E-state index contributed by atoms with van der Waals surface area (Å²) >= 11 is 5.48. The molecule has 0 saturated carbocycles. The zero-order valence-electron chi connectivity index (χ0n) is 6.73. The first kappa shape index (κ1) is 10.3. The van der Waals surface area contributed by atoms with Gasteiger partial charge in [0.25, 0.3) is 11.6 Å².